The SMILES string of the molecule is CC1c2cc3c(cc2C2(CCCC2)CN1C(=O)c1ccc(C=O)cc1)OCCO3. The molecule has 1 aliphatic carbocycles. The van der Waals surface area contributed by atoms with Crippen LogP contribution >= 0.6 is 0 Å². The van der Waals surface area contributed by atoms with E-state index < -0.39 is 0 Å². The number of benzene rings is 2. The lowest BCUT2D eigenvalue weighted by molar-refractivity contribution is 0.0593. The van der Waals surface area contributed by atoms with E-state index in [2.05, 4.69) is 19.1 Å². The van der Waals surface area contributed by atoms with E-state index in [9.17, 15) is 9.59 Å². The van der Waals surface area contributed by atoms with Gasteiger partial charge >= 0.3 is 0 Å². The molecule has 1 atom stereocenters. The van der Waals surface area contributed by atoms with Crippen LogP contribution in [0.2, 0.25) is 0 Å². The number of hydrogen-bond donors (Lipinski definition) is 0. The van der Waals surface area contributed by atoms with Crippen LogP contribution < -0.4 is 9.47 Å². The normalized spacial score (nSPS) is 21.7. The number of rotatable bonds is 2. The predicted molar refractivity (Wildman–Crippen MR) is 109 cm³/mol. The van der Waals surface area contributed by atoms with Crippen LogP contribution in [-0.2, 0) is 5.41 Å². The van der Waals surface area contributed by atoms with Gasteiger partial charge in [0.05, 0.1) is 6.04 Å². The van der Waals surface area contributed by atoms with Crippen molar-refractivity contribution in [2.24, 2.45) is 0 Å². The molecule has 0 N–H and O–H groups in total. The molecule has 5 heteroatoms. The molecular formula is C24H25NO4. The summed E-state index contributed by atoms with van der Waals surface area (Å²) in [5, 5.41) is 0. The molecule has 0 aromatic heterocycles. The van der Waals surface area contributed by atoms with Gasteiger partial charge in [0.15, 0.2) is 11.5 Å². The Morgan fingerprint density at radius 1 is 1.07 bits per heavy atom. The first-order chi connectivity index (χ1) is 14.1. The molecule has 5 nitrogen and oxygen atoms in total. The summed E-state index contributed by atoms with van der Waals surface area (Å²) in [5.74, 6) is 1.62. The van der Waals surface area contributed by atoms with Gasteiger partial charge in [-0.3, -0.25) is 9.59 Å². The zero-order chi connectivity index (χ0) is 20.0. The van der Waals surface area contributed by atoms with Crippen molar-refractivity contribution in [3.05, 3.63) is 58.7 Å². The Balaban J connectivity index is 1.57. The van der Waals surface area contributed by atoms with Crippen molar-refractivity contribution in [1.29, 1.82) is 0 Å². The van der Waals surface area contributed by atoms with Gasteiger partial charge in [-0.1, -0.05) is 25.0 Å². The van der Waals surface area contributed by atoms with Crippen LogP contribution in [0.5, 0.6) is 11.5 Å². The maximum absolute atomic E-state index is 13.4. The van der Waals surface area contributed by atoms with Gasteiger partial charge < -0.3 is 14.4 Å². The van der Waals surface area contributed by atoms with Gasteiger partial charge in [0, 0.05) is 23.1 Å². The second-order valence-corrected chi connectivity index (χ2v) is 8.42. The summed E-state index contributed by atoms with van der Waals surface area (Å²) in [4.78, 5) is 26.4. The molecule has 2 heterocycles. The van der Waals surface area contributed by atoms with Gasteiger partial charge in [0.2, 0.25) is 0 Å². The van der Waals surface area contributed by atoms with E-state index in [0.29, 0.717) is 24.3 Å². The van der Waals surface area contributed by atoms with E-state index >= 15 is 0 Å². The van der Waals surface area contributed by atoms with Crippen molar-refractivity contribution >= 4 is 12.2 Å². The molecule has 1 spiro atoms. The second kappa shape index (κ2) is 6.90. The molecule has 0 bridgehead atoms. The quantitative estimate of drug-likeness (QED) is 0.717. The Bertz CT molecular complexity index is 960. The van der Waals surface area contributed by atoms with Crippen LogP contribution in [0.25, 0.3) is 0 Å². The van der Waals surface area contributed by atoms with Gasteiger partial charge in [-0.15, -0.1) is 0 Å². The standard InChI is InChI=1S/C24H25NO4/c1-16-19-12-21-22(29-11-10-28-21)13-20(19)24(8-2-3-9-24)15-25(16)23(27)18-6-4-17(14-26)5-7-18/h4-7,12-14,16H,2-3,8-11,15H2,1H3. The Morgan fingerprint density at radius 3 is 2.38 bits per heavy atom. The van der Waals surface area contributed by atoms with Crippen molar-refractivity contribution in [3.8, 4) is 11.5 Å². The van der Waals surface area contributed by atoms with Crippen LogP contribution in [0, 0.1) is 0 Å². The summed E-state index contributed by atoms with van der Waals surface area (Å²) in [5.41, 5.74) is 3.68. The summed E-state index contributed by atoms with van der Waals surface area (Å²) in [7, 11) is 0. The van der Waals surface area contributed by atoms with Crippen molar-refractivity contribution in [3.63, 3.8) is 0 Å². The fraction of sp³-hybridized carbons (Fsp3) is 0.417. The Hall–Kier alpha value is -2.82. The molecule has 3 aliphatic rings. The molecule has 5 rings (SSSR count). The fourth-order valence-corrected chi connectivity index (χ4v) is 5.22. The van der Waals surface area contributed by atoms with E-state index in [1.807, 2.05) is 4.90 Å². The third-order valence-corrected chi connectivity index (χ3v) is 6.79. The monoisotopic (exact) mass is 391 g/mol. The number of fused-ring (bicyclic) bond motifs is 3. The summed E-state index contributed by atoms with van der Waals surface area (Å²) in [6.45, 7) is 3.94. The highest BCUT2D eigenvalue weighted by molar-refractivity contribution is 5.95. The number of nitrogens with zero attached hydrogens (tertiary/aromatic N) is 1. The molecule has 2 aromatic rings. The summed E-state index contributed by atoms with van der Waals surface area (Å²) in [6, 6.07) is 11.1. The average molecular weight is 391 g/mol. The second-order valence-electron chi connectivity index (χ2n) is 8.42. The Labute approximate surface area is 170 Å². The van der Waals surface area contributed by atoms with Crippen LogP contribution in [0.15, 0.2) is 36.4 Å². The molecule has 29 heavy (non-hydrogen) atoms. The topological polar surface area (TPSA) is 55.8 Å². The summed E-state index contributed by atoms with van der Waals surface area (Å²) >= 11 is 0. The van der Waals surface area contributed by atoms with Gasteiger partial charge in [-0.05, 0) is 55.2 Å². The average Bonchev–Trinajstić information content (AvgIpc) is 3.24. The van der Waals surface area contributed by atoms with E-state index in [1.165, 1.54) is 24.0 Å². The molecule has 2 aliphatic heterocycles. The number of carbonyl (C=O) groups excluding carboxylic acids is 2. The van der Waals surface area contributed by atoms with E-state index in [0.717, 1.165) is 37.2 Å². The molecule has 1 saturated carbocycles. The molecule has 1 amide bonds. The lowest BCUT2D eigenvalue weighted by Crippen LogP contribution is -2.48. The maximum Gasteiger partial charge on any atom is 0.254 e. The highest BCUT2D eigenvalue weighted by Gasteiger charge is 2.46. The molecule has 2 aromatic carbocycles. The van der Waals surface area contributed by atoms with Crippen molar-refractivity contribution in [2.75, 3.05) is 19.8 Å². The smallest absolute Gasteiger partial charge is 0.254 e. The van der Waals surface area contributed by atoms with Crippen molar-refractivity contribution < 1.29 is 19.1 Å². The molecule has 1 fully saturated rings. The number of carbonyl (C=O) groups is 2. The van der Waals surface area contributed by atoms with E-state index in [1.54, 1.807) is 24.3 Å². The highest BCUT2D eigenvalue weighted by Crippen LogP contribution is 2.52. The largest absolute Gasteiger partial charge is 0.486 e. The first kappa shape index (κ1) is 18.2. The number of ether oxygens (including phenoxy) is 2. The minimum absolute atomic E-state index is 0.0155. The summed E-state index contributed by atoms with van der Waals surface area (Å²) < 4.78 is 11.7. The molecule has 1 unspecified atom stereocenters. The van der Waals surface area contributed by atoms with Crippen LogP contribution in [0.4, 0.5) is 0 Å². The maximum atomic E-state index is 13.4. The third kappa shape index (κ3) is 2.91. The predicted octanol–water partition coefficient (Wildman–Crippen LogP) is 4.30. The van der Waals surface area contributed by atoms with E-state index in [4.69, 9.17) is 9.47 Å². The molecule has 150 valence electrons. The van der Waals surface area contributed by atoms with E-state index in [-0.39, 0.29) is 17.4 Å². The molecule has 0 saturated heterocycles. The number of hydrogen-bond acceptors (Lipinski definition) is 4. The molecular weight excluding hydrogens is 366 g/mol. The van der Waals surface area contributed by atoms with Gasteiger partial charge in [0.1, 0.15) is 19.5 Å². The van der Waals surface area contributed by atoms with Gasteiger partial charge in [0.25, 0.3) is 5.91 Å². The minimum atomic E-state index is -0.0506. The van der Waals surface area contributed by atoms with Crippen molar-refractivity contribution in [1.82, 2.24) is 4.90 Å². The zero-order valence-corrected chi connectivity index (χ0v) is 16.6. The van der Waals surface area contributed by atoms with Gasteiger partial charge in [-0.25, -0.2) is 0 Å². The number of amides is 1. The Kier molecular flexibility index (Phi) is 4.34. The van der Waals surface area contributed by atoms with Crippen LogP contribution in [-0.4, -0.2) is 36.9 Å². The van der Waals surface area contributed by atoms with Crippen molar-refractivity contribution in [2.45, 2.75) is 44.1 Å². The molecule has 0 radical (unpaired) electrons. The van der Waals surface area contributed by atoms with Crippen LogP contribution in [0.1, 0.15) is 70.5 Å². The minimum Gasteiger partial charge on any atom is -0.486 e. The van der Waals surface area contributed by atoms with Crippen LogP contribution in [0.3, 0.4) is 0 Å². The van der Waals surface area contributed by atoms with Gasteiger partial charge in [-0.2, -0.15) is 0 Å². The summed E-state index contributed by atoms with van der Waals surface area (Å²) in [6.07, 6.45) is 5.32. The lowest BCUT2D eigenvalue weighted by atomic mass is 9.71. The Morgan fingerprint density at radius 2 is 1.72 bits per heavy atom. The first-order valence-electron chi connectivity index (χ1n) is 10.4. The number of aldehydes is 1. The fourth-order valence-electron chi connectivity index (χ4n) is 5.22. The third-order valence-electron chi connectivity index (χ3n) is 6.79. The zero-order valence-electron chi connectivity index (χ0n) is 16.6. The lowest BCUT2D eigenvalue weighted by Gasteiger charge is -2.46. The first-order valence-corrected chi connectivity index (χ1v) is 10.4. The highest BCUT2D eigenvalue weighted by atomic mass is 16.6.